The molecule has 0 unspecified atom stereocenters. The maximum Gasteiger partial charge on any atom is 0.166 e. The highest BCUT2D eigenvalue weighted by Crippen LogP contribution is 2.18. The SMILES string of the molecule is NOOSc1ccc(CNC(=S)NCCc2ccccc2)cc1. The third kappa shape index (κ3) is 6.98. The monoisotopic (exact) mass is 349 g/mol. The zero-order valence-electron chi connectivity index (χ0n) is 12.5. The molecule has 0 saturated heterocycles. The molecule has 0 atom stereocenters. The van der Waals surface area contributed by atoms with E-state index in [2.05, 4.69) is 32.1 Å². The van der Waals surface area contributed by atoms with E-state index in [4.69, 9.17) is 18.1 Å². The fraction of sp³-hybridized carbons (Fsp3) is 0.188. The summed E-state index contributed by atoms with van der Waals surface area (Å²) in [5.41, 5.74) is 2.41. The Morgan fingerprint density at radius 2 is 1.74 bits per heavy atom. The van der Waals surface area contributed by atoms with Crippen LogP contribution in [0.1, 0.15) is 11.1 Å². The van der Waals surface area contributed by atoms with E-state index < -0.39 is 0 Å². The van der Waals surface area contributed by atoms with Gasteiger partial charge in [-0.15, -0.1) is 9.32 Å². The van der Waals surface area contributed by atoms with Crippen molar-refractivity contribution in [3.05, 3.63) is 65.7 Å². The van der Waals surface area contributed by atoms with E-state index in [0.29, 0.717) is 11.7 Å². The van der Waals surface area contributed by atoms with Crippen molar-refractivity contribution in [2.45, 2.75) is 17.9 Å². The van der Waals surface area contributed by atoms with E-state index in [-0.39, 0.29) is 0 Å². The van der Waals surface area contributed by atoms with Gasteiger partial charge in [0.2, 0.25) is 0 Å². The number of benzene rings is 2. The molecular weight excluding hydrogens is 330 g/mol. The molecule has 23 heavy (non-hydrogen) atoms. The van der Waals surface area contributed by atoms with E-state index in [1.807, 2.05) is 42.5 Å². The normalized spacial score (nSPS) is 10.3. The summed E-state index contributed by atoms with van der Waals surface area (Å²) in [7, 11) is 0. The molecule has 0 aliphatic heterocycles. The molecule has 0 aromatic heterocycles. The number of hydrogen-bond acceptors (Lipinski definition) is 5. The maximum atomic E-state index is 5.27. The Morgan fingerprint density at radius 3 is 2.43 bits per heavy atom. The Morgan fingerprint density at radius 1 is 1.00 bits per heavy atom. The van der Waals surface area contributed by atoms with Gasteiger partial charge in [0.1, 0.15) is 0 Å². The molecule has 2 aromatic carbocycles. The zero-order valence-corrected chi connectivity index (χ0v) is 14.2. The van der Waals surface area contributed by atoms with E-state index in [9.17, 15) is 0 Å². The van der Waals surface area contributed by atoms with Crippen LogP contribution in [0, 0.1) is 0 Å². The third-order valence-electron chi connectivity index (χ3n) is 3.09. The molecule has 7 heteroatoms. The second-order valence-corrected chi connectivity index (χ2v) is 5.92. The molecule has 4 N–H and O–H groups in total. The van der Waals surface area contributed by atoms with Crippen LogP contribution in [0.5, 0.6) is 0 Å². The second-order valence-electron chi connectivity index (χ2n) is 4.74. The van der Waals surface area contributed by atoms with Crippen LogP contribution in [0.15, 0.2) is 59.5 Å². The van der Waals surface area contributed by atoms with Crippen molar-refractivity contribution < 1.29 is 9.32 Å². The van der Waals surface area contributed by atoms with E-state index in [0.717, 1.165) is 35.5 Å². The average Bonchev–Trinajstić information content (AvgIpc) is 2.60. The van der Waals surface area contributed by atoms with Crippen LogP contribution < -0.4 is 16.5 Å². The highest BCUT2D eigenvalue weighted by atomic mass is 32.2. The molecule has 0 fully saturated rings. The molecule has 0 aliphatic carbocycles. The van der Waals surface area contributed by atoms with Crippen molar-refractivity contribution in [2.75, 3.05) is 6.54 Å². The summed E-state index contributed by atoms with van der Waals surface area (Å²) in [6.07, 6.45) is 0.942. The van der Waals surface area contributed by atoms with Gasteiger partial charge in [0, 0.05) is 18.0 Å². The summed E-state index contributed by atoms with van der Waals surface area (Å²) in [6, 6.07) is 18.1. The Balaban J connectivity index is 1.65. The third-order valence-corrected chi connectivity index (χ3v) is 3.99. The lowest BCUT2D eigenvalue weighted by atomic mass is 10.1. The predicted molar refractivity (Wildman–Crippen MR) is 96.2 cm³/mol. The van der Waals surface area contributed by atoms with Crippen molar-refractivity contribution in [3.63, 3.8) is 0 Å². The Labute approximate surface area is 145 Å². The van der Waals surface area contributed by atoms with Crippen LogP contribution in [0.2, 0.25) is 0 Å². The lowest BCUT2D eigenvalue weighted by molar-refractivity contribution is -0.195. The van der Waals surface area contributed by atoms with Gasteiger partial charge in [0.05, 0.1) is 12.0 Å². The molecule has 0 saturated carbocycles. The predicted octanol–water partition coefficient (Wildman–Crippen LogP) is 2.72. The molecule has 0 heterocycles. The molecule has 0 amide bonds. The van der Waals surface area contributed by atoms with Gasteiger partial charge in [0.15, 0.2) is 5.11 Å². The topological polar surface area (TPSA) is 68.5 Å². The van der Waals surface area contributed by atoms with E-state index >= 15 is 0 Å². The van der Waals surface area contributed by atoms with Gasteiger partial charge in [-0.1, -0.05) is 42.5 Å². The Hall–Kier alpha value is -1.64. The first-order valence-electron chi connectivity index (χ1n) is 7.12. The molecular formula is C16H19N3O2S2. The van der Waals surface area contributed by atoms with Gasteiger partial charge < -0.3 is 10.6 Å². The van der Waals surface area contributed by atoms with Gasteiger partial charge in [-0.2, -0.15) is 5.90 Å². The minimum atomic E-state index is 0.652. The first kappa shape index (κ1) is 17.7. The van der Waals surface area contributed by atoms with E-state index in [1.165, 1.54) is 5.56 Å². The second kappa shape index (κ2) is 10.2. The molecule has 5 nitrogen and oxygen atoms in total. The molecule has 122 valence electrons. The number of nitrogens with two attached hydrogens (primary N) is 1. The first-order chi connectivity index (χ1) is 11.3. The number of thiocarbonyl (C=S) groups is 1. The fourth-order valence-corrected chi connectivity index (χ4v) is 2.47. The number of hydrogen-bond donors (Lipinski definition) is 3. The van der Waals surface area contributed by atoms with Gasteiger partial charge >= 0.3 is 0 Å². The summed E-state index contributed by atoms with van der Waals surface area (Å²) in [5, 5.41) is 7.04. The largest absolute Gasteiger partial charge is 0.362 e. The minimum absolute atomic E-state index is 0.652. The van der Waals surface area contributed by atoms with Gasteiger partial charge in [-0.3, -0.25) is 0 Å². The quantitative estimate of drug-likeness (QED) is 0.293. The molecule has 2 rings (SSSR count). The first-order valence-corrected chi connectivity index (χ1v) is 8.27. The van der Waals surface area contributed by atoms with Crippen LogP contribution in [0.3, 0.4) is 0 Å². The van der Waals surface area contributed by atoms with Crippen LogP contribution in [-0.2, 0) is 22.3 Å². The van der Waals surface area contributed by atoms with Crippen LogP contribution in [0.4, 0.5) is 0 Å². The summed E-state index contributed by atoms with van der Waals surface area (Å²) in [4.78, 5) is 4.95. The van der Waals surface area contributed by atoms with Crippen molar-refractivity contribution >= 4 is 29.4 Å². The summed E-state index contributed by atoms with van der Waals surface area (Å²) >= 11 is 6.33. The standard InChI is InChI=1S/C16H19N3O2S2/c17-20-21-23-15-8-6-14(7-9-15)12-19-16(22)18-11-10-13-4-2-1-3-5-13/h1-9H,10-12,17H2,(H2,18,19,22). The summed E-state index contributed by atoms with van der Waals surface area (Å²) < 4.78 is 4.59. The van der Waals surface area contributed by atoms with Gasteiger partial charge in [0.25, 0.3) is 0 Å². The molecule has 0 spiro atoms. The van der Waals surface area contributed by atoms with Crippen molar-refractivity contribution in [2.24, 2.45) is 5.90 Å². The minimum Gasteiger partial charge on any atom is -0.362 e. The lowest BCUT2D eigenvalue weighted by Crippen LogP contribution is -2.35. The summed E-state index contributed by atoms with van der Waals surface area (Å²) in [5.74, 6) is 4.79. The van der Waals surface area contributed by atoms with Gasteiger partial charge in [-0.05, 0) is 41.9 Å². The highest BCUT2D eigenvalue weighted by Gasteiger charge is 1.99. The summed E-state index contributed by atoms with van der Waals surface area (Å²) in [6.45, 7) is 1.47. The number of rotatable bonds is 8. The molecule has 0 bridgehead atoms. The molecule has 0 aliphatic rings. The lowest BCUT2D eigenvalue weighted by Gasteiger charge is -2.11. The smallest absolute Gasteiger partial charge is 0.166 e. The molecule has 2 aromatic rings. The fourth-order valence-electron chi connectivity index (χ4n) is 1.93. The highest BCUT2D eigenvalue weighted by molar-refractivity contribution is 7.94. The Bertz CT molecular complexity index is 594. The Kier molecular flexibility index (Phi) is 7.85. The number of nitrogens with one attached hydrogen (secondary N) is 2. The van der Waals surface area contributed by atoms with Crippen molar-refractivity contribution in [3.8, 4) is 0 Å². The van der Waals surface area contributed by atoms with Crippen molar-refractivity contribution in [1.29, 1.82) is 0 Å². The van der Waals surface area contributed by atoms with Crippen LogP contribution in [0.25, 0.3) is 0 Å². The van der Waals surface area contributed by atoms with Gasteiger partial charge in [-0.25, -0.2) is 0 Å². The van der Waals surface area contributed by atoms with Crippen LogP contribution >= 0.6 is 24.3 Å². The molecule has 0 radical (unpaired) electrons. The maximum absolute atomic E-state index is 5.27. The van der Waals surface area contributed by atoms with Crippen molar-refractivity contribution in [1.82, 2.24) is 10.6 Å². The van der Waals surface area contributed by atoms with Crippen LogP contribution in [-0.4, -0.2) is 11.7 Å². The zero-order chi connectivity index (χ0) is 16.3. The average molecular weight is 349 g/mol. The van der Waals surface area contributed by atoms with E-state index in [1.54, 1.807) is 0 Å².